The summed E-state index contributed by atoms with van der Waals surface area (Å²) in [5.74, 6) is 0.502. The fourth-order valence-corrected chi connectivity index (χ4v) is 4.78. The molecule has 3 rings (SSSR count). The molecular weight excluding hydrogens is 392 g/mol. The molecule has 2 aromatic rings. The molecule has 1 saturated heterocycles. The second-order valence-corrected chi connectivity index (χ2v) is 8.76. The van der Waals surface area contributed by atoms with Crippen LogP contribution in [0.1, 0.15) is 25.3 Å². The highest BCUT2D eigenvalue weighted by Gasteiger charge is 2.30. The second kappa shape index (κ2) is 9.28. The van der Waals surface area contributed by atoms with Gasteiger partial charge >= 0.3 is 0 Å². The molecule has 1 amide bonds. The Morgan fingerprint density at radius 3 is 2.41 bits per heavy atom. The maximum atomic E-state index is 13.0. The van der Waals surface area contributed by atoms with Crippen LogP contribution >= 0.6 is 0 Å². The SMILES string of the molecule is CCOc1ccc(NC(=O)COc2ccc(C)cc2)cc1S(=O)(=O)N1CCCC1. The smallest absolute Gasteiger partial charge is 0.262 e. The standard InChI is InChI=1S/C21H26N2O5S/c1-3-27-19-11-8-17(14-20(19)29(25,26)23-12-4-5-13-23)22-21(24)15-28-18-9-6-16(2)7-10-18/h6-11,14H,3-5,12-13,15H2,1-2H3,(H,22,24). The molecular formula is C21H26N2O5S. The van der Waals surface area contributed by atoms with E-state index in [9.17, 15) is 13.2 Å². The quantitative estimate of drug-likeness (QED) is 0.712. The van der Waals surface area contributed by atoms with Gasteiger partial charge in [-0.1, -0.05) is 17.7 Å². The van der Waals surface area contributed by atoms with Crippen LogP contribution in [0.15, 0.2) is 47.4 Å². The van der Waals surface area contributed by atoms with Crippen molar-refractivity contribution in [2.45, 2.75) is 31.6 Å². The maximum Gasteiger partial charge on any atom is 0.262 e. The van der Waals surface area contributed by atoms with E-state index in [2.05, 4.69) is 5.32 Å². The van der Waals surface area contributed by atoms with Crippen molar-refractivity contribution in [3.05, 3.63) is 48.0 Å². The number of hydrogen-bond donors (Lipinski definition) is 1. The van der Waals surface area contributed by atoms with E-state index in [-0.39, 0.29) is 23.2 Å². The Labute approximate surface area is 171 Å². The molecule has 2 aromatic carbocycles. The van der Waals surface area contributed by atoms with Crippen LogP contribution in [0.4, 0.5) is 5.69 Å². The third-order valence-corrected chi connectivity index (χ3v) is 6.52. The molecule has 29 heavy (non-hydrogen) atoms. The van der Waals surface area contributed by atoms with Crippen LogP contribution in [-0.4, -0.2) is 44.9 Å². The first kappa shape index (κ1) is 21.1. The summed E-state index contributed by atoms with van der Waals surface area (Å²) in [6.45, 7) is 4.92. The molecule has 8 heteroatoms. The highest BCUT2D eigenvalue weighted by atomic mass is 32.2. The Hall–Kier alpha value is -2.58. The fourth-order valence-electron chi connectivity index (χ4n) is 3.11. The molecule has 0 unspecified atom stereocenters. The zero-order valence-corrected chi connectivity index (χ0v) is 17.5. The van der Waals surface area contributed by atoms with Crippen molar-refractivity contribution in [1.29, 1.82) is 0 Å². The molecule has 156 valence electrons. The number of hydrogen-bond acceptors (Lipinski definition) is 5. The molecule has 1 heterocycles. The van der Waals surface area contributed by atoms with E-state index in [1.807, 2.05) is 19.1 Å². The van der Waals surface area contributed by atoms with E-state index in [4.69, 9.17) is 9.47 Å². The first-order valence-corrected chi connectivity index (χ1v) is 11.1. The molecule has 1 aliphatic rings. The van der Waals surface area contributed by atoms with Crippen LogP contribution in [0.25, 0.3) is 0 Å². The van der Waals surface area contributed by atoms with Gasteiger partial charge in [0.1, 0.15) is 16.4 Å². The van der Waals surface area contributed by atoms with Crippen molar-refractivity contribution in [2.24, 2.45) is 0 Å². The third-order valence-electron chi connectivity index (χ3n) is 4.60. The van der Waals surface area contributed by atoms with Gasteiger partial charge in [-0.25, -0.2) is 8.42 Å². The molecule has 1 fully saturated rings. The topological polar surface area (TPSA) is 84.9 Å². The van der Waals surface area contributed by atoms with Gasteiger partial charge in [-0.15, -0.1) is 0 Å². The summed E-state index contributed by atoms with van der Waals surface area (Å²) >= 11 is 0. The fraction of sp³-hybridized carbons (Fsp3) is 0.381. The summed E-state index contributed by atoms with van der Waals surface area (Å²) in [6.07, 6.45) is 1.69. The van der Waals surface area contributed by atoms with Crippen LogP contribution in [0.2, 0.25) is 0 Å². The van der Waals surface area contributed by atoms with E-state index in [1.54, 1.807) is 31.2 Å². The van der Waals surface area contributed by atoms with Crippen LogP contribution in [0.3, 0.4) is 0 Å². The van der Waals surface area contributed by atoms with E-state index in [1.165, 1.54) is 10.4 Å². The highest BCUT2D eigenvalue weighted by Crippen LogP contribution is 2.31. The maximum absolute atomic E-state index is 13.0. The molecule has 0 saturated carbocycles. The van der Waals surface area contributed by atoms with Gasteiger partial charge in [0.15, 0.2) is 6.61 Å². The number of nitrogens with one attached hydrogen (secondary N) is 1. The van der Waals surface area contributed by atoms with E-state index in [0.29, 0.717) is 31.1 Å². The lowest BCUT2D eigenvalue weighted by Gasteiger charge is -2.19. The van der Waals surface area contributed by atoms with Crippen LogP contribution in [0, 0.1) is 6.92 Å². The minimum Gasteiger partial charge on any atom is -0.492 e. The van der Waals surface area contributed by atoms with Crippen LogP contribution < -0.4 is 14.8 Å². The third kappa shape index (κ3) is 5.27. The van der Waals surface area contributed by atoms with Crippen molar-refractivity contribution < 1.29 is 22.7 Å². The Bertz CT molecular complexity index is 952. The van der Waals surface area contributed by atoms with Gasteiger partial charge in [0.25, 0.3) is 5.91 Å². The molecule has 1 aliphatic heterocycles. The number of nitrogens with zero attached hydrogens (tertiary/aromatic N) is 1. The van der Waals surface area contributed by atoms with Crippen LogP contribution in [0.5, 0.6) is 11.5 Å². The molecule has 0 atom stereocenters. The lowest BCUT2D eigenvalue weighted by molar-refractivity contribution is -0.118. The summed E-state index contributed by atoms with van der Waals surface area (Å²) in [5, 5.41) is 2.69. The van der Waals surface area contributed by atoms with Crippen molar-refractivity contribution in [1.82, 2.24) is 4.31 Å². The van der Waals surface area contributed by atoms with Gasteiger partial charge in [0.2, 0.25) is 10.0 Å². The Morgan fingerprint density at radius 1 is 1.07 bits per heavy atom. The van der Waals surface area contributed by atoms with Gasteiger partial charge in [0.05, 0.1) is 6.61 Å². The number of sulfonamides is 1. The summed E-state index contributed by atoms with van der Waals surface area (Å²) in [6, 6.07) is 12.0. The monoisotopic (exact) mass is 418 g/mol. The molecule has 0 spiro atoms. The van der Waals surface area contributed by atoms with Crippen molar-refractivity contribution in [2.75, 3.05) is 31.6 Å². The lowest BCUT2D eigenvalue weighted by Crippen LogP contribution is -2.28. The molecule has 0 aromatic heterocycles. The molecule has 1 N–H and O–H groups in total. The number of carbonyl (C=O) groups excluding carboxylic acids is 1. The molecule has 0 bridgehead atoms. The second-order valence-electron chi connectivity index (χ2n) is 6.86. The number of anilines is 1. The normalized spacial score (nSPS) is 14.6. The van der Waals surface area contributed by atoms with E-state index in [0.717, 1.165) is 18.4 Å². The number of amides is 1. The zero-order valence-electron chi connectivity index (χ0n) is 16.7. The number of rotatable bonds is 8. The first-order valence-electron chi connectivity index (χ1n) is 9.66. The van der Waals surface area contributed by atoms with Gasteiger partial charge in [0, 0.05) is 18.8 Å². The van der Waals surface area contributed by atoms with Crippen molar-refractivity contribution >= 4 is 21.6 Å². The number of aryl methyl sites for hydroxylation is 1. The predicted octanol–water partition coefficient (Wildman–Crippen LogP) is 3.20. The van der Waals surface area contributed by atoms with Gasteiger partial charge in [-0.2, -0.15) is 4.31 Å². The first-order chi connectivity index (χ1) is 13.9. The van der Waals surface area contributed by atoms with Crippen molar-refractivity contribution in [3.63, 3.8) is 0 Å². The highest BCUT2D eigenvalue weighted by molar-refractivity contribution is 7.89. The summed E-state index contributed by atoms with van der Waals surface area (Å²) in [4.78, 5) is 12.3. The number of benzene rings is 2. The predicted molar refractivity (Wildman–Crippen MR) is 111 cm³/mol. The lowest BCUT2D eigenvalue weighted by atomic mass is 10.2. The minimum atomic E-state index is -3.68. The average molecular weight is 419 g/mol. The molecule has 0 radical (unpaired) electrons. The zero-order chi connectivity index (χ0) is 20.9. The average Bonchev–Trinajstić information content (AvgIpc) is 3.25. The Morgan fingerprint density at radius 2 is 1.76 bits per heavy atom. The van der Waals surface area contributed by atoms with Gasteiger partial charge in [-0.3, -0.25) is 4.79 Å². The van der Waals surface area contributed by atoms with E-state index >= 15 is 0 Å². The molecule has 0 aliphatic carbocycles. The van der Waals surface area contributed by atoms with Crippen LogP contribution in [-0.2, 0) is 14.8 Å². The summed E-state index contributed by atoms with van der Waals surface area (Å²) in [5.41, 5.74) is 1.48. The van der Waals surface area contributed by atoms with E-state index < -0.39 is 10.0 Å². The number of ether oxygens (including phenoxy) is 2. The van der Waals surface area contributed by atoms with Gasteiger partial charge in [-0.05, 0) is 57.0 Å². The van der Waals surface area contributed by atoms with Gasteiger partial charge < -0.3 is 14.8 Å². The minimum absolute atomic E-state index is 0.0681. The summed E-state index contributed by atoms with van der Waals surface area (Å²) in [7, 11) is -3.68. The Balaban J connectivity index is 1.73. The van der Waals surface area contributed by atoms with Crippen molar-refractivity contribution in [3.8, 4) is 11.5 Å². The largest absolute Gasteiger partial charge is 0.492 e. The summed E-state index contributed by atoms with van der Waals surface area (Å²) < 4.78 is 38.5. The Kier molecular flexibility index (Phi) is 6.76. The molecule has 7 nitrogen and oxygen atoms in total. The number of carbonyl (C=O) groups is 1.